The number of guanidine groups is 1. The Hall–Kier alpha value is -2.45. The van der Waals surface area contributed by atoms with E-state index in [1.54, 1.807) is 19.9 Å². The van der Waals surface area contributed by atoms with Crippen molar-refractivity contribution in [1.29, 1.82) is 0 Å². The van der Waals surface area contributed by atoms with E-state index >= 15 is 0 Å². The second-order valence-electron chi connectivity index (χ2n) is 7.74. The molecule has 0 amide bonds. The van der Waals surface area contributed by atoms with Gasteiger partial charge in [0.05, 0.1) is 12.3 Å². The third-order valence-electron chi connectivity index (χ3n) is 4.62. The number of hydrogen-bond acceptors (Lipinski definition) is 3. The Bertz CT molecular complexity index is 991. The van der Waals surface area contributed by atoms with E-state index in [-0.39, 0.29) is 17.6 Å². The van der Waals surface area contributed by atoms with Gasteiger partial charge in [-0.1, -0.05) is 30.3 Å². The van der Waals surface area contributed by atoms with E-state index in [1.165, 1.54) is 12.1 Å². The zero-order valence-corrected chi connectivity index (χ0v) is 19.5. The van der Waals surface area contributed by atoms with Gasteiger partial charge in [-0.25, -0.2) is 22.5 Å². The van der Waals surface area contributed by atoms with Crippen molar-refractivity contribution in [3.8, 4) is 0 Å². The molecule has 0 radical (unpaired) electrons. The molecule has 0 bridgehead atoms. The molecule has 170 valence electrons. The highest BCUT2D eigenvalue weighted by Crippen LogP contribution is 2.14. The van der Waals surface area contributed by atoms with Crippen LogP contribution in [0.15, 0.2) is 47.5 Å². The number of benzene rings is 2. The number of nitrogens with one attached hydrogen (secondary N) is 3. The molecule has 0 saturated carbocycles. The monoisotopic (exact) mass is 448 g/mol. The fraction of sp³-hybridized carbons (Fsp3) is 0.435. The third kappa shape index (κ3) is 8.67. The lowest BCUT2D eigenvalue weighted by molar-refractivity contribution is 0.569. The highest BCUT2D eigenvalue weighted by atomic mass is 32.2. The molecular formula is C23H33FN4O2S. The van der Waals surface area contributed by atoms with Crippen molar-refractivity contribution in [2.45, 2.75) is 52.5 Å². The maximum atomic E-state index is 13.3. The molecular weight excluding hydrogens is 415 g/mol. The Morgan fingerprint density at radius 3 is 2.42 bits per heavy atom. The van der Waals surface area contributed by atoms with Crippen LogP contribution in [-0.2, 0) is 28.7 Å². The summed E-state index contributed by atoms with van der Waals surface area (Å²) in [5.74, 6) is 0.346. The fourth-order valence-electron chi connectivity index (χ4n) is 3.22. The number of aryl methyl sites for hydroxylation is 1. The summed E-state index contributed by atoms with van der Waals surface area (Å²) >= 11 is 0. The minimum Gasteiger partial charge on any atom is -0.357 e. The molecule has 0 aliphatic heterocycles. The first-order chi connectivity index (χ1) is 14.7. The standard InChI is InChI=1S/C23H33FN4O2S/c1-5-25-23(26-13-12-19-10-11-22(24)14-18(19)4)27-15-20-8-6-7-9-21(20)16-31(29,30)28-17(2)3/h6-11,14,17,28H,5,12-13,15-16H2,1-4H3,(H2,25,26,27). The Labute approximate surface area is 185 Å². The molecule has 3 N–H and O–H groups in total. The minimum atomic E-state index is -3.41. The summed E-state index contributed by atoms with van der Waals surface area (Å²) in [7, 11) is -3.41. The second kappa shape index (κ2) is 11.8. The molecule has 0 atom stereocenters. The van der Waals surface area contributed by atoms with Gasteiger partial charge in [0.1, 0.15) is 5.82 Å². The topological polar surface area (TPSA) is 82.6 Å². The van der Waals surface area contributed by atoms with Crippen LogP contribution in [-0.4, -0.2) is 33.5 Å². The predicted octanol–water partition coefficient (Wildman–Crippen LogP) is 3.26. The Balaban J connectivity index is 2.04. The molecule has 0 fully saturated rings. The average Bonchev–Trinajstić information content (AvgIpc) is 2.67. The lowest BCUT2D eigenvalue weighted by Gasteiger charge is -2.14. The molecule has 31 heavy (non-hydrogen) atoms. The number of nitrogens with zero attached hydrogens (tertiary/aromatic N) is 1. The first-order valence-corrected chi connectivity index (χ1v) is 12.2. The van der Waals surface area contributed by atoms with Crippen molar-refractivity contribution in [3.63, 3.8) is 0 Å². The second-order valence-corrected chi connectivity index (χ2v) is 9.50. The quantitative estimate of drug-likeness (QED) is 0.385. The summed E-state index contributed by atoms with van der Waals surface area (Å²) in [6.45, 7) is 9.20. The van der Waals surface area contributed by atoms with Crippen LogP contribution in [0.25, 0.3) is 0 Å². The van der Waals surface area contributed by atoms with E-state index in [0.717, 1.165) is 28.7 Å². The van der Waals surface area contributed by atoms with Crippen LogP contribution in [0.4, 0.5) is 4.39 Å². The molecule has 0 heterocycles. The van der Waals surface area contributed by atoms with Gasteiger partial charge >= 0.3 is 0 Å². The summed E-state index contributed by atoms with van der Waals surface area (Å²) in [6, 6.07) is 12.1. The van der Waals surface area contributed by atoms with Crippen LogP contribution < -0.4 is 15.4 Å². The van der Waals surface area contributed by atoms with Gasteiger partial charge in [-0.2, -0.15) is 0 Å². The van der Waals surface area contributed by atoms with Crippen molar-refractivity contribution in [2.24, 2.45) is 4.99 Å². The Morgan fingerprint density at radius 1 is 1.06 bits per heavy atom. The van der Waals surface area contributed by atoms with Gasteiger partial charge in [-0.05, 0) is 68.5 Å². The number of halogens is 1. The molecule has 2 rings (SSSR count). The van der Waals surface area contributed by atoms with E-state index in [0.29, 0.717) is 25.6 Å². The van der Waals surface area contributed by atoms with Gasteiger partial charge in [0, 0.05) is 19.1 Å². The zero-order valence-electron chi connectivity index (χ0n) is 18.7. The van der Waals surface area contributed by atoms with Crippen molar-refractivity contribution in [3.05, 3.63) is 70.5 Å². The number of rotatable bonds is 10. The first-order valence-electron chi connectivity index (χ1n) is 10.5. The normalized spacial score (nSPS) is 12.3. The van der Waals surface area contributed by atoms with E-state index in [2.05, 4.69) is 20.3 Å². The molecule has 0 aliphatic rings. The van der Waals surface area contributed by atoms with Crippen LogP contribution in [0.3, 0.4) is 0 Å². The van der Waals surface area contributed by atoms with Crippen LogP contribution in [0.5, 0.6) is 0 Å². The first kappa shape index (κ1) is 24.8. The lowest BCUT2D eigenvalue weighted by Crippen LogP contribution is -2.38. The highest BCUT2D eigenvalue weighted by Gasteiger charge is 2.15. The molecule has 0 aliphatic carbocycles. The van der Waals surface area contributed by atoms with E-state index in [4.69, 9.17) is 0 Å². The number of sulfonamides is 1. The average molecular weight is 449 g/mol. The zero-order chi connectivity index (χ0) is 22.9. The molecule has 0 saturated heterocycles. The minimum absolute atomic E-state index is 0.0787. The van der Waals surface area contributed by atoms with Gasteiger partial charge in [0.2, 0.25) is 10.0 Å². The van der Waals surface area contributed by atoms with Gasteiger partial charge in [-0.3, -0.25) is 0 Å². The molecule has 6 nitrogen and oxygen atoms in total. The lowest BCUT2D eigenvalue weighted by atomic mass is 10.1. The summed E-state index contributed by atoms with van der Waals surface area (Å²) in [6.07, 6.45) is 0.742. The predicted molar refractivity (Wildman–Crippen MR) is 125 cm³/mol. The number of hydrogen-bond donors (Lipinski definition) is 3. The smallest absolute Gasteiger partial charge is 0.216 e. The van der Waals surface area contributed by atoms with Crippen LogP contribution in [0.2, 0.25) is 0 Å². The Morgan fingerprint density at radius 2 is 1.77 bits per heavy atom. The number of aliphatic imine (C=N–C) groups is 1. The summed E-state index contributed by atoms with van der Waals surface area (Å²) in [5, 5.41) is 6.49. The van der Waals surface area contributed by atoms with Crippen molar-refractivity contribution in [1.82, 2.24) is 15.4 Å². The van der Waals surface area contributed by atoms with Gasteiger partial charge in [0.25, 0.3) is 0 Å². The van der Waals surface area contributed by atoms with Crippen LogP contribution in [0, 0.1) is 12.7 Å². The molecule has 0 unspecified atom stereocenters. The van der Waals surface area contributed by atoms with Crippen molar-refractivity contribution >= 4 is 16.0 Å². The Kier molecular flexibility index (Phi) is 9.45. The van der Waals surface area contributed by atoms with E-state index < -0.39 is 10.0 Å². The fourth-order valence-corrected chi connectivity index (χ4v) is 4.71. The largest absolute Gasteiger partial charge is 0.357 e. The summed E-state index contributed by atoms with van der Waals surface area (Å²) in [4.78, 5) is 4.62. The van der Waals surface area contributed by atoms with E-state index in [1.807, 2.05) is 38.1 Å². The van der Waals surface area contributed by atoms with Gasteiger partial charge in [0.15, 0.2) is 5.96 Å². The van der Waals surface area contributed by atoms with Crippen LogP contribution >= 0.6 is 0 Å². The summed E-state index contributed by atoms with van der Waals surface area (Å²) < 4.78 is 40.6. The van der Waals surface area contributed by atoms with E-state index in [9.17, 15) is 12.8 Å². The maximum absolute atomic E-state index is 13.3. The maximum Gasteiger partial charge on any atom is 0.216 e. The molecule has 2 aromatic rings. The molecule has 2 aromatic carbocycles. The van der Waals surface area contributed by atoms with Gasteiger partial charge < -0.3 is 10.6 Å². The molecule has 0 spiro atoms. The third-order valence-corrected chi connectivity index (χ3v) is 6.14. The molecule has 8 heteroatoms. The SMILES string of the molecule is CCNC(=NCc1ccccc1CS(=O)(=O)NC(C)C)NCCc1ccc(F)cc1C. The van der Waals surface area contributed by atoms with Crippen molar-refractivity contribution in [2.75, 3.05) is 13.1 Å². The molecule has 0 aromatic heterocycles. The highest BCUT2D eigenvalue weighted by molar-refractivity contribution is 7.88. The van der Waals surface area contributed by atoms with Crippen LogP contribution in [0.1, 0.15) is 43.0 Å². The summed E-state index contributed by atoms with van der Waals surface area (Å²) in [5.41, 5.74) is 3.60. The van der Waals surface area contributed by atoms with Crippen molar-refractivity contribution < 1.29 is 12.8 Å². The van der Waals surface area contributed by atoms with Gasteiger partial charge in [-0.15, -0.1) is 0 Å².